The summed E-state index contributed by atoms with van der Waals surface area (Å²) in [5.41, 5.74) is 7.12. The van der Waals surface area contributed by atoms with Crippen molar-refractivity contribution in [2.45, 2.75) is 31.5 Å². The van der Waals surface area contributed by atoms with E-state index in [2.05, 4.69) is 22.4 Å². The maximum absolute atomic E-state index is 6.38. The highest BCUT2D eigenvalue weighted by molar-refractivity contribution is 7.09. The van der Waals surface area contributed by atoms with Crippen LogP contribution in [0.5, 0.6) is 0 Å². The minimum atomic E-state index is 0.116. The van der Waals surface area contributed by atoms with E-state index in [1.54, 1.807) is 11.3 Å². The monoisotopic (exact) mass is 340 g/mol. The molecule has 1 aromatic heterocycles. The third-order valence-electron chi connectivity index (χ3n) is 3.88. The normalized spacial score (nSPS) is 16.4. The lowest BCUT2D eigenvalue weighted by atomic mass is 10.0. The van der Waals surface area contributed by atoms with Crippen LogP contribution in [0.3, 0.4) is 0 Å². The third-order valence-corrected chi connectivity index (χ3v) is 5.32. The molecule has 1 aliphatic rings. The lowest BCUT2D eigenvalue weighted by Gasteiger charge is -2.31. The third kappa shape index (κ3) is 3.61. The van der Waals surface area contributed by atoms with Gasteiger partial charge in [-0.2, -0.15) is 0 Å². The van der Waals surface area contributed by atoms with E-state index in [0.29, 0.717) is 17.6 Å². The maximum atomic E-state index is 6.38. The Morgan fingerprint density at radius 3 is 2.71 bits per heavy atom. The van der Waals surface area contributed by atoms with Crippen molar-refractivity contribution in [3.05, 3.63) is 56.2 Å². The SMILES string of the molecule is NCC(c1cc(Cl)ccc1Cl)N(Cc1cccs1)C1CC1. The highest BCUT2D eigenvalue weighted by Crippen LogP contribution is 2.38. The fourth-order valence-electron chi connectivity index (χ4n) is 2.69. The predicted molar refractivity (Wildman–Crippen MR) is 91.1 cm³/mol. The Bertz CT molecular complexity index is 596. The van der Waals surface area contributed by atoms with Gasteiger partial charge in [0, 0.05) is 40.1 Å². The predicted octanol–water partition coefficient (Wildman–Crippen LogP) is 4.72. The highest BCUT2D eigenvalue weighted by Gasteiger charge is 2.35. The summed E-state index contributed by atoms with van der Waals surface area (Å²) < 4.78 is 0. The van der Waals surface area contributed by atoms with Crippen molar-refractivity contribution >= 4 is 34.5 Å². The number of halogens is 2. The van der Waals surface area contributed by atoms with Crippen LogP contribution in [0.1, 0.15) is 29.3 Å². The van der Waals surface area contributed by atoms with Crippen LogP contribution < -0.4 is 5.73 Å². The molecule has 112 valence electrons. The molecule has 2 nitrogen and oxygen atoms in total. The Hall–Kier alpha value is -0.580. The second-order valence-electron chi connectivity index (χ2n) is 5.40. The van der Waals surface area contributed by atoms with Crippen molar-refractivity contribution in [2.24, 2.45) is 5.73 Å². The Morgan fingerprint density at radius 2 is 2.10 bits per heavy atom. The summed E-state index contributed by atoms with van der Waals surface area (Å²) in [7, 11) is 0. The first kappa shape index (κ1) is 15.3. The topological polar surface area (TPSA) is 29.3 Å². The number of hydrogen-bond acceptors (Lipinski definition) is 3. The van der Waals surface area contributed by atoms with E-state index in [1.165, 1.54) is 17.7 Å². The van der Waals surface area contributed by atoms with E-state index in [-0.39, 0.29) is 6.04 Å². The van der Waals surface area contributed by atoms with Gasteiger partial charge < -0.3 is 5.73 Å². The molecule has 0 aliphatic heterocycles. The number of rotatable bonds is 6. The van der Waals surface area contributed by atoms with Crippen molar-refractivity contribution in [1.29, 1.82) is 0 Å². The van der Waals surface area contributed by atoms with Gasteiger partial charge in [-0.25, -0.2) is 0 Å². The van der Waals surface area contributed by atoms with E-state index >= 15 is 0 Å². The number of hydrogen-bond donors (Lipinski definition) is 1. The quantitative estimate of drug-likeness (QED) is 0.824. The molecule has 0 spiro atoms. The summed E-state index contributed by atoms with van der Waals surface area (Å²) in [6, 6.07) is 10.6. The Morgan fingerprint density at radius 1 is 1.29 bits per heavy atom. The molecule has 0 amide bonds. The summed E-state index contributed by atoms with van der Waals surface area (Å²) in [5.74, 6) is 0. The molecule has 21 heavy (non-hydrogen) atoms. The van der Waals surface area contributed by atoms with Crippen LogP contribution >= 0.6 is 34.5 Å². The zero-order valence-electron chi connectivity index (χ0n) is 11.6. The van der Waals surface area contributed by atoms with Gasteiger partial charge in [0.15, 0.2) is 0 Å². The van der Waals surface area contributed by atoms with Gasteiger partial charge in [-0.15, -0.1) is 11.3 Å². The van der Waals surface area contributed by atoms with Gasteiger partial charge in [0.05, 0.1) is 0 Å². The van der Waals surface area contributed by atoms with Crippen LogP contribution in [-0.2, 0) is 6.54 Å². The van der Waals surface area contributed by atoms with Crippen LogP contribution in [0.15, 0.2) is 35.7 Å². The Labute approximate surface area is 139 Å². The number of thiophene rings is 1. The Balaban J connectivity index is 1.89. The molecule has 0 radical (unpaired) electrons. The molecule has 0 bridgehead atoms. The van der Waals surface area contributed by atoms with E-state index in [4.69, 9.17) is 28.9 Å². The highest BCUT2D eigenvalue weighted by atomic mass is 35.5. The van der Waals surface area contributed by atoms with Crippen molar-refractivity contribution in [3.8, 4) is 0 Å². The molecule has 0 saturated heterocycles. The number of nitrogens with zero attached hydrogens (tertiary/aromatic N) is 1. The van der Waals surface area contributed by atoms with E-state index < -0.39 is 0 Å². The minimum absolute atomic E-state index is 0.116. The molecule has 1 atom stereocenters. The molecule has 3 rings (SSSR count). The molecule has 2 aromatic rings. The summed E-state index contributed by atoms with van der Waals surface area (Å²) >= 11 is 14.3. The van der Waals surface area contributed by atoms with Crippen LogP contribution in [0.4, 0.5) is 0 Å². The molecule has 1 saturated carbocycles. The Kier molecular flexibility index (Phi) is 4.87. The van der Waals surface area contributed by atoms with Crippen molar-refractivity contribution in [1.82, 2.24) is 4.90 Å². The zero-order chi connectivity index (χ0) is 14.8. The van der Waals surface area contributed by atoms with Gasteiger partial charge in [-0.3, -0.25) is 4.90 Å². The molecular formula is C16H18Cl2N2S. The lowest BCUT2D eigenvalue weighted by Crippen LogP contribution is -2.35. The first-order valence-electron chi connectivity index (χ1n) is 7.12. The molecule has 1 aromatic carbocycles. The fourth-order valence-corrected chi connectivity index (χ4v) is 3.83. The molecule has 1 heterocycles. The molecule has 1 aliphatic carbocycles. The second-order valence-corrected chi connectivity index (χ2v) is 7.28. The van der Waals surface area contributed by atoms with Crippen molar-refractivity contribution in [3.63, 3.8) is 0 Å². The largest absolute Gasteiger partial charge is 0.329 e. The molecule has 5 heteroatoms. The van der Waals surface area contributed by atoms with Crippen LogP contribution in [0.2, 0.25) is 10.0 Å². The average molecular weight is 341 g/mol. The van der Waals surface area contributed by atoms with Gasteiger partial charge in [0.25, 0.3) is 0 Å². The van der Waals surface area contributed by atoms with Crippen LogP contribution in [-0.4, -0.2) is 17.5 Å². The molecule has 1 unspecified atom stereocenters. The van der Waals surface area contributed by atoms with E-state index in [0.717, 1.165) is 17.1 Å². The first-order chi connectivity index (χ1) is 10.2. The minimum Gasteiger partial charge on any atom is -0.329 e. The van der Waals surface area contributed by atoms with Crippen molar-refractivity contribution < 1.29 is 0 Å². The van der Waals surface area contributed by atoms with Crippen molar-refractivity contribution in [2.75, 3.05) is 6.54 Å². The summed E-state index contributed by atoms with van der Waals surface area (Å²) in [5, 5.41) is 3.57. The van der Waals surface area contributed by atoms with Gasteiger partial charge in [0.1, 0.15) is 0 Å². The summed E-state index contributed by atoms with van der Waals surface area (Å²) in [6.07, 6.45) is 2.47. The van der Waals surface area contributed by atoms with Gasteiger partial charge in [-0.1, -0.05) is 29.3 Å². The first-order valence-corrected chi connectivity index (χ1v) is 8.75. The standard InChI is InChI=1S/C16H18Cl2N2S/c17-11-3-6-15(18)14(8-11)16(9-19)20(12-4-5-12)10-13-2-1-7-21-13/h1-3,6-8,12,16H,4-5,9-10,19H2. The number of benzene rings is 1. The molecule has 1 fully saturated rings. The van der Waals surface area contributed by atoms with E-state index in [9.17, 15) is 0 Å². The molecular weight excluding hydrogens is 323 g/mol. The lowest BCUT2D eigenvalue weighted by molar-refractivity contribution is 0.184. The van der Waals surface area contributed by atoms with Gasteiger partial charge in [-0.05, 0) is 48.1 Å². The smallest absolute Gasteiger partial charge is 0.0492 e. The van der Waals surface area contributed by atoms with E-state index in [1.807, 2.05) is 18.2 Å². The van der Waals surface area contributed by atoms with Gasteiger partial charge >= 0.3 is 0 Å². The summed E-state index contributed by atoms with van der Waals surface area (Å²) in [6.45, 7) is 1.47. The number of nitrogens with two attached hydrogens (primary N) is 1. The summed E-state index contributed by atoms with van der Waals surface area (Å²) in [4.78, 5) is 3.84. The second kappa shape index (κ2) is 6.67. The van der Waals surface area contributed by atoms with Gasteiger partial charge in [0.2, 0.25) is 0 Å². The average Bonchev–Trinajstić information content (AvgIpc) is 3.19. The molecule has 2 N–H and O–H groups in total. The van der Waals surface area contributed by atoms with Crippen LogP contribution in [0, 0.1) is 0 Å². The zero-order valence-corrected chi connectivity index (χ0v) is 14.0. The maximum Gasteiger partial charge on any atom is 0.0492 e. The fraction of sp³-hybridized carbons (Fsp3) is 0.375. The van der Waals surface area contributed by atoms with Crippen LogP contribution in [0.25, 0.3) is 0 Å².